The summed E-state index contributed by atoms with van der Waals surface area (Å²) in [6, 6.07) is 5.22. The third-order valence-corrected chi connectivity index (χ3v) is 2.74. The van der Waals surface area contributed by atoms with Gasteiger partial charge in [0.25, 0.3) is 5.56 Å². The summed E-state index contributed by atoms with van der Waals surface area (Å²) in [7, 11) is 0. The summed E-state index contributed by atoms with van der Waals surface area (Å²) in [5, 5.41) is 0.999. The van der Waals surface area contributed by atoms with Crippen molar-refractivity contribution in [3.05, 3.63) is 52.3 Å². The Morgan fingerprint density at radius 3 is 2.78 bits per heavy atom. The Labute approximate surface area is 107 Å². The van der Waals surface area contributed by atoms with Gasteiger partial charge in [-0.25, -0.2) is 9.97 Å². The lowest BCUT2D eigenvalue weighted by Gasteiger charge is -2.01. The molecule has 0 amide bonds. The van der Waals surface area contributed by atoms with E-state index in [1.807, 2.05) is 0 Å². The van der Waals surface area contributed by atoms with E-state index in [1.54, 1.807) is 30.6 Å². The largest absolute Gasteiger partial charge is 0.313 e. The highest BCUT2D eigenvalue weighted by atomic mass is 35.5. The van der Waals surface area contributed by atoms with Crippen LogP contribution in [0, 0.1) is 0 Å². The Hall–Kier alpha value is -2.27. The maximum atomic E-state index is 11.6. The van der Waals surface area contributed by atoms with Gasteiger partial charge in [0.15, 0.2) is 5.65 Å². The van der Waals surface area contributed by atoms with Crippen LogP contribution in [-0.4, -0.2) is 19.9 Å². The number of nitrogens with zero attached hydrogens (tertiary/aromatic N) is 3. The Kier molecular flexibility index (Phi) is 2.53. The van der Waals surface area contributed by atoms with Crippen LogP contribution < -0.4 is 5.56 Å². The van der Waals surface area contributed by atoms with E-state index in [2.05, 4.69) is 19.9 Å². The second-order valence-corrected chi connectivity index (χ2v) is 4.12. The monoisotopic (exact) mass is 258 g/mol. The Morgan fingerprint density at radius 1 is 1.11 bits per heavy atom. The molecule has 0 saturated heterocycles. The number of pyridine rings is 2. The molecule has 6 heteroatoms. The number of nitrogens with one attached hydrogen (secondary N) is 1. The van der Waals surface area contributed by atoms with Gasteiger partial charge in [-0.2, -0.15) is 0 Å². The van der Waals surface area contributed by atoms with Crippen LogP contribution in [0.2, 0.25) is 5.02 Å². The maximum Gasteiger partial charge on any atom is 0.260 e. The molecule has 18 heavy (non-hydrogen) atoms. The van der Waals surface area contributed by atoms with Gasteiger partial charge in [-0.1, -0.05) is 11.6 Å². The molecule has 5 nitrogen and oxygen atoms in total. The molecule has 0 aliphatic heterocycles. The minimum absolute atomic E-state index is 0.219. The summed E-state index contributed by atoms with van der Waals surface area (Å²) in [6.45, 7) is 0. The van der Waals surface area contributed by atoms with E-state index >= 15 is 0 Å². The van der Waals surface area contributed by atoms with Crippen LogP contribution in [0.5, 0.6) is 0 Å². The standard InChI is InChI=1S/C12H7ClN4O/c13-8-1-2-10(14-5-8)7-3-9-11(15-4-7)16-6-17-12(9)18/h1-6H,(H,15,16,17,18). The molecule has 1 N–H and O–H groups in total. The molecule has 0 radical (unpaired) electrons. The number of H-pyrrole nitrogens is 1. The third kappa shape index (κ3) is 1.84. The van der Waals surface area contributed by atoms with Crippen molar-refractivity contribution in [2.45, 2.75) is 0 Å². The van der Waals surface area contributed by atoms with Crippen molar-refractivity contribution in [1.29, 1.82) is 0 Å². The van der Waals surface area contributed by atoms with Gasteiger partial charge in [0.2, 0.25) is 0 Å². The average Bonchev–Trinajstić information content (AvgIpc) is 2.40. The molecule has 3 rings (SSSR count). The quantitative estimate of drug-likeness (QED) is 0.725. The first-order chi connectivity index (χ1) is 8.74. The van der Waals surface area contributed by atoms with Crippen LogP contribution in [0.15, 0.2) is 41.7 Å². The summed E-state index contributed by atoms with van der Waals surface area (Å²) in [6.07, 6.45) is 4.51. The molecule has 0 saturated carbocycles. The molecule has 0 fully saturated rings. The van der Waals surface area contributed by atoms with Gasteiger partial charge in [-0.15, -0.1) is 0 Å². The molecule has 3 aromatic rings. The van der Waals surface area contributed by atoms with Gasteiger partial charge >= 0.3 is 0 Å². The zero-order chi connectivity index (χ0) is 12.5. The van der Waals surface area contributed by atoms with E-state index in [1.165, 1.54) is 6.33 Å². The predicted molar refractivity (Wildman–Crippen MR) is 68.4 cm³/mol. The van der Waals surface area contributed by atoms with Crippen LogP contribution in [0.1, 0.15) is 0 Å². The second-order valence-electron chi connectivity index (χ2n) is 3.69. The number of aromatic nitrogens is 4. The minimum atomic E-state index is -0.219. The Balaban J connectivity index is 2.22. The van der Waals surface area contributed by atoms with Gasteiger partial charge in [-0.3, -0.25) is 9.78 Å². The van der Waals surface area contributed by atoms with Crippen LogP contribution in [-0.2, 0) is 0 Å². The van der Waals surface area contributed by atoms with Crippen molar-refractivity contribution >= 4 is 22.6 Å². The molecule has 0 unspecified atom stereocenters. The highest BCUT2D eigenvalue weighted by molar-refractivity contribution is 6.30. The van der Waals surface area contributed by atoms with E-state index in [4.69, 9.17) is 11.6 Å². The SMILES string of the molecule is O=c1[nH]cnc2ncc(-c3ccc(Cl)cn3)cc12. The lowest BCUT2D eigenvalue weighted by molar-refractivity contribution is 1.14. The number of rotatable bonds is 1. The van der Waals surface area contributed by atoms with Gasteiger partial charge in [-0.05, 0) is 18.2 Å². The first-order valence-corrected chi connectivity index (χ1v) is 5.57. The molecule has 0 bridgehead atoms. The van der Waals surface area contributed by atoms with E-state index < -0.39 is 0 Å². The van der Waals surface area contributed by atoms with Crippen molar-refractivity contribution < 1.29 is 0 Å². The lowest BCUT2D eigenvalue weighted by atomic mass is 10.1. The van der Waals surface area contributed by atoms with Crippen molar-refractivity contribution in [1.82, 2.24) is 19.9 Å². The number of hydrogen-bond acceptors (Lipinski definition) is 4. The first kappa shape index (κ1) is 10.9. The molecule has 0 aliphatic carbocycles. The molecule has 0 aromatic carbocycles. The fraction of sp³-hybridized carbons (Fsp3) is 0. The van der Waals surface area contributed by atoms with E-state index in [-0.39, 0.29) is 5.56 Å². The van der Waals surface area contributed by atoms with Crippen molar-refractivity contribution in [3.8, 4) is 11.3 Å². The summed E-state index contributed by atoms with van der Waals surface area (Å²) in [5.41, 5.74) is 1.65. The van der Waals surface area contributed by atoms with Gasteiger partial charge in [0.05, 0.1) is 22.4 Å². The van der Waals surface area contributed by atoms with Crippen molar-refractivity contribution in [2.75, 3.05) is 0 Å². The molecule has 3 aromatic heterocycles. The minimum Gasteiger partial charge on any atom is -0.313 e. The van der Waals surface area contributed by atoms with Crippen LogP contribution in [0.3, 0.4) is 0 Å². The molecule has 0 atom stereocenters. The molecular formula is C12H7ClN4O. The normalized spacial score (nSPS) is 10.7. The Morgan fingerprint density at radius 2 is 2.00 bits per heavy atom. The summed E-state index contributed by atoms with van der Waals surface area (Å²) in [4.78, 5) is 26.5. The molecular weight excluding hydrogens is 252 g/mol. The fourth-order valence-corrected chi connectivity index (χ4v) is 1.76. The highest BCUT2D eigenvalue weighted by Crippen LogP contribution is 2.19. The zero-order valence-electron chi connectivity index (χ0n) is 9.09. The Bertz CT molecular complexity index is 767. The predicted octanol–water partition coefficient (Wildman–Crippen LogP) is 2.03. The smallest absolute Gasteiger partial charge is 0.260 e. The molecule has 0 spiro atoms. The van der Waals surface area contributed by atoms with E-state index in [0.29, 0.717) is 21.7 Å². The molecule has 0 aliphatic rings. The van der Waals surface area contributed by atoms with E-state index in [9.17, 15) is 4.79 Å². The van der Waals surface area contributed by atoms with Crippen molar-refractivity contribution in [3.63, 3.8) is 0 Å². The zero-order valence-corrected chi connectivity index (χ0v) is 9.85. The highest BCUT2D eigenvalue weighted by Gasteiger charge is 2.05. The number of hydrogen-bond donors (Lipinski definition) is 1. The third-order valence-electron chi connectivity index (χ3n) is 2.52. The molecule has 3 heterocycles. The van der Waals surface area contributed by atoms with Crippen molar-refractivity contribution in [2.24, 2.45) is 0 Å². The van der Waals surface area contributed by atoms with Crippen LogP contribution in [0.4, 0.5) is 0 Å². The first-order valence-electron chi connectivity index (χ1n) is 5.19. The number of fused-ring (bicyclic) bond motifs is 1. The fourth-order valence-electron chi connectivity index (χ4n) is 1.64. The van der Waals surface area contributed by atoms with Gasteiger partial charge in [0, 0.05) is 18.0 Å². The summed E-state index contributed by atoms with van der Waals surface area (Å²) in [5.74, 6) is 0. The van der Waals surface area contributed by atoms with Crippen LogP contribution >= 0.6 is 11.6 Å². The maximum absolute atomic E-state index is 11.6. The van der Waals surface area contributed by atoms with Gasteiger partial charge < -0.3 is 4.98 Å². The topological polar surface area (TPSA) is 71.5 Å². The van der Waals surface area contributed by atoms with Gasteiger partial charge in [0.1, 0.15) is 0 Å². The van der Waals surface area contributed by atoms with E-state index in [0.717, 1.165) is 5.56 Å². The number of aromatic amines is 1. The lowest BCUT2D eigenvalue weighted by Crippen LogP contribution is -2.07. The second kappa shape index (κ2) is 4.19. The van der Waals surface area contributed by atoms with Crippen LogP contribution in [0.25, 0.3) is 22.3 Å². The molecule has 88 valence electrons. The summed E-state index contributed by atoms with van der Waals surface area (Å²) < 4.78 is 0. The number of halogens is 1. The average molecular weight is 259 g/mol. The summed E-state index contributed by atoms with van der Waals surface area (Å²) >= 11 is 5.78.